The standard InChI is InChI=1S/C16H13NO3S/c1-2-19-16(18)11-3-5-12(6-4-11)20-15-13-8-10-21-14(13)7-9-17-15/h3-10H,2H2,1H3. The van der Waals surface area contributed by atoms with E-state index in [0.717, 1.165) is 10.1 Å². The van der Waals surface area contributed by atoms with Crippen molar-refractivity contribution in [2.45, 2.75) is 6.92 Å². The molecule has 0 atom stereocenters. The maximum atomic E-state index is 11.6. The molecule has 3 aromatic rings. The summed E-state index contributed by atoms with van der Waals surface area (Å²) in [5.74, 6) is 0.869. The van der Waals surface area contributed by atoms with E-state index >= 15 is 0 Å². The highest BCUT2D eigenvalue weighted by atomic mass is 32.1. The Morgan fingerprint density at radius 1 is 1.19 bits per heavy atom. The first-order valence-electron chi connectivity index (χ1n) is 6.55. The van der Waals surface area contributed by atoms with Crippen molar-refractivity contribution in [3.8, 4) is 11.6 Å². The summed E-state index contributed by atoms with van der Waals surface area (Å²) in [4.78, 5) is 15.8. The van der Waals surface area contributed by atoms with Crippen LogP contribution in [-0.2, 0) is 4.74 Å². The Morgan fingerprint density at radius 3 is 2.76 bits per heavy atom. The molecule has 0 saturated heterocycles. The number of pyridine rings is 1. The minimum Gasteiger partial charge on any atom is -0.462 e. The Hall–Kier alpha value is -2.40. The number of ether oxygens (including phenoxy) is 2. The minimum absolute atomic E-state index is 0.331. The van der Waals surface area contributed by atoms with Crippen LogP contribution in [0, 0.1) is 0 Å². The minimum atomic E-state index is -0.331. The summed E-state index contributed by atoms with van der Waals surface area (Å²) < 4.78 is 11.9. The van der Waals surface area contributed by atoms with Crippen LogP contribution < -0.4 is 4.74 Å². The predicted octanol–water partition coefficient (Wildman–Crippen LogP) is 4.27. The van der Waals surface area contributed by atoms with E-state index in [1.165, 1.54) is 0 Å². The lowest BCUT2D eigenvalue weighted by Gasteiger charge is -2.06. The fourth-order valence-corrected chi connectivity index (χ4v) is 2.71. The molecular formula is C16H13NO3S. The van der Waals surface area contributed by atoms with Crippen LogP contribution in [0.15, 0.2) is 48.0 Å². The van der Waals surface area contributed by atoms with Crippen LogP contribution in [0.1, 0.15) is 17.3 Å². The summed E-state index contributed by atoms with van der Waals surface area (Å²) in [5, 5.41) is 2.99. The number of esters is 1. The number of hydrogen-bond donors (Lipinski definition) is 0. The lowest BCUT2D eigenvalue weighted by Crippen LogP contribution is -2.04. The molecule has 2 aromatic heterocycles. The highest BCUT2D eigenvalue weighted by Gasteiger charge is 2.08. The van der Waals surface area contributed by atoms with E-state index in [1.807, 2.05) is 17.5 Å². The number of benzene rings is 1. The fourth-order valence-electron chi connectivity index (χ4n) is 1.94. The lowest BCUT2D eigenvalue weighted by atomic mass is 10.2. The molecule has 0 saturated carbocycles. The first kappa shape index (κ1) is 13.6. The molecule has 0 aliphatic heterocycles. The summed E-state index contributed by atoms with van der Waals surface area (Å²) in [7, 11) is 0. The van der Waals surface area contributed by atoms with E-state index in [-0.39, 0.29) is 5.97 Å². The molecule has 5 heteroatoms. The first-order valence-corrected chi connectivity index (χ1v) is 7.43. The Balaban J connectivity index is 1.82. The van der Waals surface area contributed by atoms with Crippen molar-refractivity contribution in [3.05, 3.63) is 53.5 Å². The number of carbonyl (C=O) groups excluding carboxylic acids is 1. The SMILES string of the molecule is CCOC(=O)c1ccc(Oc2nccc3sccc23)cc1. The number of nitrogens with zero attached hydrogens (tertiary/aromatic N) is 1. The van der Waals surface area contributed by atoms with E-state index in [2.05, 4.69) is 4.98 Å². The molecule has 0 spiro atoms. The van der Waals surface area contributed by atoms with E-state index in [9.17, 15) is 4.79 Å². The Morgan fingerprint density at radius 2 is 2.00 bits per heavy atom. The largest absolute Gasteiger partial charge is 0.462 e. The van der Waals surface area contributed by atoms with Gasteiger partial charge in [-0.05, 0) is 48.7 Å². The molecule has 4 nitrogen and oxygen atoms in total. The molecule has 2 heterocycles. The van der Waals surface area contributed by atoms with Gasteiger partial charge in [-0.25, -0.2) is 9.78 Å². The third kappa shape index (κ3) is 2.87. The molecule has 21 heavy (non-hydrogen) atoms. The third-order valence-electron chi connectivity index (χ3n) is 2.92. The molecule has 0 aliphatic carbocycles. The van der Waals surface area contributed by atoms with Gasteiger partial charge in [-0.2, -0.15) is 0 Å². The smallest absolute Gasteiger partial charge is 0.338 e. The monoisotopic (exact) mass is 299 g/mol. The molecule has 0 N–H and O–H groups in total. The molecule has 106 valence electrons. The first-order chi connectivity index (χ1) is 10.3. The second-order valence-corrected chi connectivity index (χ2v) is 5.24. The van der Waals surface area contributed by atoms with Gasteiger partial charge in [0.15, 0.2) is 0 Å². The normalized spacial score (nSPS) is 10.5. The van der Waals surface area contributed by atoms with Crippen molar-refractivity contribution in [1.82, 2.24) is 4.98 Å². The number of aromatic nitrogens is 1. The average Bonchev–Trinajstić information content (AvgIpc) is 2.98. The van der Waals surface area contributed by atoms with Gasteiger partial charge in [0.2, 0.25) is 5.88 Å². The van der Waals surface area contributed by atoms with Crippen LogP contribution in [0.4, 0.5) is 0 Å². The zero-order chi connectivity index (χ0) is 14.7. The molecule has 0 aliphatic rings. The molecule has 1 aromatic carbocycles. The number of fused-ring (bicyclic) bond motifs is 1. The molecule has 0 radical (unpaired) electrons. The molecule has 0 fully saturated rings. The predicted molar refractivity (Wildman–Crippen MR) is 82.1 cm³/mol. The van der Waals surface area contributed by atoms with Crippen LogP contribution in [0.5, 0.6) is 11.6 Å². The van der Waals surface area contributed by atoms with Gasteiger partial charge in [0.05, 0.1) is 17.6 Å². The number of carbonyl (C=O) groups is 1. The van der Waals surface area contributed by atoms with Crippen molar-refractivity contribution in [1.29, 1.82) is 0 Å². The summed E-state index contributed by atoms with van der Waals surface area (Å²) in [6.45, 7) is 2.14. The van der Waals surface area contributed by atoms with Gasteiger partial charge in [-0.15, -0.1) is 11.3 Å². The van der Waals surface area contributed by atoms with E-state index in [4.69, 9.17) is 9.47 Å². The quantitative estimate of drug-likeness (QED) is 0.675. The van der Waals surface area contributed by atoms with Crippen LogP contribution >= 0.6 is 11.3 Å². The molecule has 0 amide bonds. The second-order valence-electron chi connectivity index (χ2n) is 4.30. The van der Waals surface area contributed by atoms with Gasteiger partial charge in [-0.3, -0.25) is 0 Å². The van der Waals surface area contributed by atoms with Crippen LogP contribution in [0.3, 0.4) is 0 Å². The van der Waals surface area contributed by atoms with Gasteiger partial charge in [0, 0.05) is 10.9 Å². The maximum absolute atomic E-state index is 11.6. The molecular weight excluding hydrogens is 286 g/mol. The third-order valence-corrected chi connectivity index (χ3v) is 3.81. The van der Waals surface area contributed by atoms with Crippen molar-refractivity contribution >= 4 is 27.4 Å². The maximum Gasteiger partial charge on any atom is 0.338 e. The average molecular weight is 299 g/mol. The van der Waals surface area contributed by atoms with Gasteiger partial charge in [-0.1, -0.05) is 0 Å². The number of rotatable bonds is 4. The Bertz CT molecular complexity index is 765. The molecule has 0 unspecified atom stereocenters. The van der Waals surface area contributed by atoms with Crippen molar-refractivity contribution in [3.63, 3.8) is 0 Å². The van der Waals surface area contributed by atoms with Crippen LogP contribution in [0.2, 0.25) is 0 Å². The van der Waals surface area contributed by atoms with E-state index < -0.39 is 0 Å². The highest BCUT2D eigenvalue weighted by Crippen LogP contribution is 2.30. The van der Waals surface area contributed by atoms with Crippen LogP contribution in [-0.4, -0.2) is 17.6 Å². The van der Waals surface area contributed by atoms with Crippen molar-refractivity contribution < 1.29 is 14.3 Å². The van der Waals surface area contributed by atoms with Gasteiger partial charge in [0.1, 0.15) is 5.75 Å². The number of thiophene rings is 1. The Kier molecular flexibility index (Phi) is 3.83. The molecule has 3 rings (SSSR count). The van der Waals surface area contributed by atoms with Crippen LogP contribution in [0.25, 0.3) is 10.1 Å². The van der Waals surface area contributed by atoms with Crippen molar-refractivity contribution in [2.24, 2.45) is 0 Å². The van der Waals surface area contributed by atoms with Gasteiger partial charge >= 0.3 is 5.97 Å². The lowest BCUT2D eigenvalue weighted by molar-refractivity contribution is 0.0526. The zero-order valence-electron chi connectivity index (χ0n) is 11.4. The van der Waals surface area contributed by atoms with E-state index in [0.29, 0.717) is 23.8 Å². The summed E-state index contributed by atoms with van der Waals surface area (Å²) >= 11 is 1.64. The van der Waals surface area contributed by atoms with E-state index in [1.54, 1.807) is 48.7 Å². The summed E-state index contributed by atoms with van der Waals surface area (Å²) in [5.41, 5.74) is 0.505. The summed E-state index contributed by atoms with van der Waals surface area (Å²) in [6.07, 6.45) is 1.72. The molecule has 0 bridgehead atoms. The topological polar surface area (TPSA) is 48.4 Å². The van der Waals surface area contributed by atoms with Crippen molar-refractivity contribution in [2.75, 3.05) is 6.61 Å². The highest BCUT2D eigenvalue weighted by molar-refractivity contribution is 7.17. The summed E-state index contributed by atoms with van der Waals surface area (Å²) in [6, 6.07) is 10.8. The number of hydrogen-bond acceptors (Lipinski definition) is 5. The van der Waals surface area contributed by atoms with Gasteiger partial charge in [0.25, 0.3) is 0 Å². The van der Waals surface area contributed by atoms with Gasteiger partial charge < -0.3 is 9.47 Å². The fraction of sp³-hybridized carbons (Fsp3) is 0.125. The zero-order valence-corrected chi connectivity index (χ0v) is 12.2. The second kappa shape index (κ2) is 5.93. The Labute approximate surface area is 126 Å².